The fraction of sp³-hybridized carbons (Fsp3) is 0.429. The maximum absolute atomic E-state index is 13.7. The monoisotopic (exact) mass is 278 g/mol. The largest absolute Gasteiger partial charge is 0.406 e. The number of aryl methyl sites for hydroxylation is 1. The zero-order chi connectivity index (χ0) is 14.5. The molecular weight excluding hydrogens is 259 g/mol. The van der Waals surface area contributed by atoms with E-state index in [4.69, 9.17) is 4.42 Å². The third-order valence-corrected chi connectivity index (χ3v) is 2.88. The Bertz CT molecular complexity index is 570. The zero-order valence-electron chi connectivity index (χ0n) is 11.9. The third-order valence-electron chi connectivity index (χ3n) is 2.88. The zero-order valence-corrected chi connectivity index (χ0v) is 11.9. The second-order valence-electron chi connectivity index (χ2n) is 4.73. The van der Waals surface area contributed by atoms with Gasteiger partial charge in [0.15, 0.2) is 0 Å². The van der Waals surface area contributed by atoms with Crippen LogP contribution in [0.1, 0.15) is 37.8 Å². The summed E-state index contributed by atoms with van der Waals surface area (Å²) < 4.78 is 19.2. The Kier molecular flexibility index (Phi) is 4.68. The Morgan fingerprint density at radius 2 is 2.15 bits per heavy atom. The van der Waals surface area contributed by atoms with Crippen LogP contribution in [0.4, 0.5) is 16.1 Å². The Balaban J connectivity index is 2.05. The van der Waals surface area contributed by atoms with E-state index in [1.54, 1.807) is 6.07 Å². The molecule has 0 amide bonds. The standard InChI is InChI=1S/C14H19FN4O/c1-4-7-16-10(3)13-18-19-14(20-13)17-12-6-5-9(2)8-11(12)15/h5-6,8,10,16H,4,7H2,1-3H3,(H,17,19). The van der Waals surface area contributed by atoms with Crippen LogP contribution in [0.25, 0.3) is 0 Å². The summed E-state index contributed by atoms with van der Waals surface area (Å²) in [5, 5.41) is 13.9. The smallest absolute Gasteiger partial charge is 0.320 e. The average molecular weight is 278 g/mol. The van der Waals surface area contributed by atoms with Crippen molar-refractivity contribution in [2.75, 3.05) is 11.9 Å². The first-order chi connectivity index (χ1) is 9.60. The molecule has 1 atom stereocenters. The lowest BCUT2D eigenvalue weighted by atomic mass is 10.2. The highest BCUT2D eigenvalue weighted by Gasteiger charge is 2.14. The number of aromatic nitrogens is 2. The molecule has 0 saturated heterocycles. The highest BCUT2D eigenvalue weighted by Crippen LogP contribution is 2.21. The Hall–Kier alpha value is -1.95. The molecule has 2 N–H and O–H groups in total. The van der Waals surface area contributed by atoms with Crippen LogP contribution in [0.15, 0.2) is 22.6 Å². The number of benzene rings is 1. The minimum Gasteiger partial charge on any atom is -0.406 e. The third kappa shape index (κ3) is 3.54. The number of halogens is 1. The minimum absolute atomic E-state index is 0.0270. The Morgan fingerprint density at radius 1 is 1.35 bits per heavy atom. The highest BCUT2D eigenvalue weighted by atomic mass is 19.1. The molecule has 6 heteroatoms. The lowest BCUT2D eigenvalue weighted by Gasteiger charge is -2.07. The summed E-state index contributed by atoms with van der Waals surface area (Å²) in [5.74, 6) is 0.135. The van der Waals surface area contributed by atoms with Gasteiger partial charge < -0.3 is 15.1 Å². The summed E-state index contributed by atoms with van der Waals surface area (Å²) >= 11 is 0. The Morgan fingerprint density at radius 3 is 2.85 bits per heavy atom. The average Bonchev–Trinajstić information content (AvgIpc) is 2.88. The lowest BCUT2D eigenvalue weighted by molar-refractivity contribution is 0.424. The molecule has 0 saturated carbocycles. The molecule has 1 aromatic carbocycles. The van der Waals surface area contributed by atoms with Gasteiger partial charge in [-0.15, -0.1) is 5.10 Å². The molecule has 5 nitrogen and oxygen atoms in total. The molecule has 1 unspecified atom stereocenters. The van der Waals surface area contributed by atoms with E-state index in [0.717, 1.165) is 18.5 Å². The van der Waals surface area contributed by atoms with Crippen molar-refractivity contribution >= 4 is 11.7 Å². The maximum atomic E-state index is 13.7. The topological polar surface area (TPSA) is 63.0 Å². The van der Waals surface area contributed by atoms with Gasteiger partial charge in [-0.2, -0.15) is 0 Å². The van der Waals surface area contributed by atoms with Crippen molar-refractivity contribution in [1.82, 2.24) is 15.5 Å². The van der Waals surface area contributed by atoms with E-state index in [-0.39, 0.29) is 17.9 Å². The molecule has 20 heavy (non-hydrogen) atoms. The maximum Gasteiger partial charge on any atom is 0.320 e. The summed E-state index contributed by atoms with van der Waals surface area (Å²) in [7, 11) is 0. The quantitative estimate of drug-likeness (QED) is 0.848. The van der Waals surface area contributed by atoms with Gasteiger partial charge in [-0.05, 0) is 44.5 Å². The molecule has 2 aromatic rings. The summed E-state index contributed by atoms with van der Waals surface area (Å²) in [6.45, 7) is 6.73. The van der Waals surface area contributed by atoms with Gasteiger partial charge in [-0.3, -0.25) is 0 Å². The summed E-state index contributed by atoms with van der Waals surface area (Å²) in [6, 6.07) is 5.07. The molecule has 0 spiro atoms. The van der Waals surface area contributed by atoms with Crippen molar-refractivity contribution in [2.45, 2.75) is 33.2 Å². The molecule has 0 aliphatic rings. The number of anilines is 2. The van der Waals surface area contributed by atoms with E-state index in [2.05, 4.69) is 27.8 Å². The first-order valence-corrected chi connectivity index (χ1v) is 6.70. The second kappa shape index (κ2) is 6.47. The van der Waals surface area contributed by atoms with Crippen molar-refractivity contribution in [3.8, 4) is 0 Å². The van der Waals surface area contributed by atoms with Crippen LogP contribution in [-0.2, 0) is 0 Å². The van der Waals surface area contributed by atoms with Crippen LogP contribution in [0, 0.1) is 12.7 Å². The summed E-state index contributed by atoms with van der Waals surface area (Å²) in [4.78, 5) is 0. The molecule has 1 aromatic heterocycles. The van der Waals surface area contributed by atoms with E-state index in [9.17, 15) is 4.39 Å². The van der Waals surface area contributed by atoms with E-state index in [1.807, 2.05) is 19.9 Å². The SMILES string of the molecule is CCCNC(C)c1nnc(Nc2ccc(C)cc2F)o1. The fourth-order valence-electron chi connectivity index (χ4n) is 1.74. The van der Waals surface area contributed by atoms with Crippen molar-refractivity contribution in [2.24, 2.45) is 0 Å². The van der Waals surface area contributed by atoms with Gasteiger partial charge >= 0.3 is 6.01 Å². The van der Waals surface area contributed by atoms with Gasteiger partial charge in [0, 0.05) is 0 Å². The molecule has 1 heterocycles. The van der Waals surface area contributed by atoms with Gasteiger partial charge in [0.2, 0.25) is 5.89 Å². The first kappa shape index (κ1) is 14.5. The number of rotatable bonds is 6. The van der Waals surface area contributed by atoms with Crippen LogP contribution < -0.4 is 10.6 Å². The molecule has 0 fully saturated rings. The van der Waals surface area contributed by atoms with E-state index < -0.39 is 0 Å². The van der Waals surface area contributed by atoms with E-state index in [1.165, 1.54) is 6.07 Å². The highest BCUT2D eigenvalue weighted by molar-refractivity contribution is 5.53. The summed E-state index contributed by atoms with van der Waals surface area (Å²) in [6.07, 6.45) is 1.03. The Labute approximate surface area is 117 Å². The number of hydrogen-bond acceptors (Lipinski definition) is 5. The van der Waals surface area contributed by atoms with Gasteiger partial charge in [-0.1, -0.05) is 18.1 Å². The molecule has 2 rings (SSSR count). The molecule has 0 bridgehead atoms. The number of nitrogens with zero attached hydrogens (tertiary/aromatic N) is 2. The van der Waals surface area contributed by atoms with Crippen molar-refractivity contribution in [3.63, 3.8) is 0 Å². The first-order valence-electron chi connectivity index (χ1n) is 6.70. The van der Waals surface area contributed by atoms with Gasteiger partial charge in [0.05, 0.1) is 11.7 Å². The van der Waals surface area contributed by atoms with Gasteiger partial charge in [0.25, 0.3) is 0 Å². The normalized spacial score (nSPS) is 12.4. The van der Waals surface area contributed by atoms with E-state index in [0.29, 0.717) is 11.6 Å². The molecule has 0 radical (unpaired) electrons. The van der Waals surface area contributed by atoms with Crippen LogP contribution >= 0.6 is 0 Å². The molecule has 0 aliphatic carbocycles. The van der Waals surface area contributed by atoms with Gasteiger partial charge in [-0.25, -0.2) is 4.39 Å². The minimum atomic E-state index is -0.345. The lowest BCUT2D eigenvalue weighted by Crippen LogP contribution is -2.19. The van der Waals surface area contributed by atoms with Crippen LogP contribution in [0.2, 0.25) is 0 Å². The summed E-state index contributed by atoms with van der Waals surface area (Å²) in [5.41, 5.74) is 1.18. The molecular formula is C14H19FN4O. The van der Waals surface area contributed by atoms with Crippen molar-refractivity contribution < 1.29 is 8.81 Å². The number of nitrogens with one attached hydrogen (secondary N) is 2. The van der Waals surface area contributed by atoms with Crippen molar-refractivity contribution in [3.05, 3.63) is 35.5 Å². The predicted octanol–water partition coefficient (Wildman–Crippen LogP) is 3.32. The van der Waals surface area contributed by atoms with Crippen LogP contribution in [0.5, 0.6) is 0 Å². The van der Waals surface area contributed by atoms with Gasteiger partial charge in [0.1, 0.15) is 5.82 Å². The molecule has 108 valence electrons. The fourth-order valence-corrected chi connectivity index (χ4v) is 1.74. The molecule has 0 aliphatic heterocycles. The second-order valence-corrected chi connectivity index (χ2v) is 4.73. The van der Waals surface area contributed by atoms with Crippen molar-refractivity contribution in [1.29, 1.82) is 0 Å². The predicted molar refractivity (Wildman–Crippen MR) is 75.4 cm³/mol. The van der Waals surface area contributed by atoms with Crippen LogP contribution in [0.3, 0.4) is 0 Å². The van der Waals surface area contributed by atoms with Crippen LogP contribution in [-0.4, -0.2) is 16.7 Å². The van der Waals surface area contributed by atoms with E-state index >= 15 is 0 Å². The number of hydrogen-bond donors (Lipinski definition) is 2.